The summed E-state index contributed by atoms with van der Waals surface area (Å²) in [5.41, 5.74) is 3.15. The quantitative estimate of drug-likeness (QED) is 0.473. The maximum atomic E-state index is 14.7. The molecule has 0 unspecified atom stereocenters. The fraction of sp³-hybridized carbons (Fsp3) is 0.385. The zero-order valence-electron chi connectivity index (χ0n) is 18.6. The Labute approximate surface area is 192 Å². The fourth-order valence-corrected chi connectivity index (χ4v) is 4.67. The first-order chi connectivity index (χ1) is 15.9. The van der Waals surface area contributed by atoms with Crippen molar-refractivity contribution in [2.45, 2.75) is 39.2 Å². The van der Waals surface area contributed by atoms with Crippen LogP contribution in [0.15, 0.2) is 48.5 Å². The number of carboxylic acid groups (broad SMARTS) is 1. The molecule has 5 nitrogen and oxygen atoms in total. The molecule has 0 radical (unpaired) electrons. The number of ether oxygens (including phenoxy) is 1. The molecule has 0 saturated heterocycles. The van der Waals surface area contributed by atoms with Crippen LogP contribution in [-0.2, 0) is 16.1 Å². The van der Waals surface area contributed by atoms with Gasteiger partial charge < -0.3 is 9.84 Å². The van der Waals surface area contributed by atoms with E-state index in [1.807, 2.05) is 41.9 Å². The second kappa shape index (κ2) is 10.3. The van der Waals surface area contributed by atoms with Gasteiger partial charge in [0.05, 0.1) is 6.61 Å². The van der Waals surface area contributed by atoms with Gasteiger partial charge in [0.1, 0.15) is 23.9 Å². The Morgan fingerprint density at radius 1 is 1.09 bits per heavy atom. The molecule has 1 fully saturated rings. The average Bonchev–Trinajstić information content (AvgIpc) is 3.13. The van der Waals surface area contributed by atoms with Crippen molar-refractivity contribution in [1.82, 2.24) is 9.78 Å². The summed E-state index contributed by atoms with van der Waals surface area (Å²) in [6.45, 7) is 2.82. The van der Waals surface area contributed by atoms with Crippen LogP contribution in [0.25, 0.3) is 22.4 Å². The van der Waals surface area contributed by atoms with E-state index < -0.39 is 17.6 Å². The first kappa shape index (κ1) is 23.1. The number of benzene rings is 2. The van der Waals surface area contributed by atoms with E-state index in [1.54, 1.807) is 0 Å². The van der Waals surface area contributed by atoms with Gasteiger partial charge in [-0.1, -0.05) is 30.3 Å². The molecule has 1 aliphatic rings. The molecule has 1 saturated carbocycles. The molecule has 3 aromatic rings. The second-order valence-electron chi connectivity index (χ2n) is 8.78. The third-order valence-electron chi connectivity index (χ3n) is 6.43. The lowest BCUT2D eigenvalue weighted by Crippen LogP contribution is -2.23. The van der Waals surface area contributed by atoms with Gasteiger partial charge in [0.2, 0.25) is 0 Å². The molecule has 174 valence electrons. The van der Waals surface area contributed by atoms with Crippen molar-refractivity contribution in [2.75, 3.05) is 13.2 Å². The zero-order chi connectivity index (χ0) is 23.4. The van der Waals surface area contributed by atoms with E-state index >= 15 is 0 Å². The van der Waals surface area contributed by atoms with Gasteiger partial charge in [-0.15, -0.1) is 0 Å². The standard InChI is InChI=1S/C26H28F2N2O3/c1-17-25(22-13-21(27)11-12-23(22)28)26(20-5-3-2-4-6-20)29-30(17)14-18-7-9-19(10-8-18)15-33-16-24(31)32/h2-6,11-13,18-19H,7-10,14-16H2,1H3,(H,31,32)/t18-,19-. The predicted octanol–water partition coefficient (Wildman–Crippen LogP) is 5.71. The van der Waals surface area contributed by atoms with Crippen molar-refractivity contribution in [3.8, 4) is 22.4 Å². The molecule has 1 heterocycles. The molecule has 0 bridgehead atoms. The summed E-state index contributed by atoms with van der Waals surface area (Å²) in [5, 5.41) is 13.6. The van der Waals surface area contributed by atoms with E-state index in [0.29, 0.717) is 36.2 Å². The molecule has 4 rings (SSSR count). The Hall–Kier alpha value is -3.06. The van der Waals surface area contributed by atoms with Gasteiger partial charge in [0, 0.05) is 28.9 Å². The van der Waals surface area contributed by atoms with Crippen LogP contribution in [0.2, 0.25) is 0 Å². The second-order valence-corrected chi connectivity index (χ2v) is 8.78. The smallest absolute Gasteiger partial charge is 0.329 e. The lowest BCUT2D eigenvalue weighted by atomic mass is 9.82. The van der Waals surface area contributed by atoms with Crippen molar-refractivity contribution in [1.29, 1.82) is 0 Å². The third-order valence-corrected chi connectivity index (χ3v) is 6.43. The van der Waals surface area contributed by atoms with E-state index in [2.05, 4.69) is 0 Å². The molecule has 0 spiro atoms. The van der Waals surface area contributed by atoms with Crippen LogP contribution in [0.5, 0.6) is 0 Å². The average molecular weight is 455 g/mol. The van der Waals surface area contributed by atoms with Crippen LogP contribution in [0, 0.1) is 30.4 Å². The summed E-state index contributed by atoms with van der Waals surface area (Å²) >= 11 is 0. The molecule has 1 aromatic heterocycles. The largest absolute Gasteiger partial charge is 0.480 e. The first-order valence-electron chi connectivity index (χ1n) is 11.3. The molecule has 7 heteroatoms. The van der Waals surface area contributed by atoms with E-state index in [4.69, 9.17) is 14.9 Å². The summed E-state index contributed by atoms with van der Waals surface area (Å²) in [7, 11) is 0. The first-order valence-corrected chi connectivity index (χ1v) is 11.3. The normalized spacial score (nSPS) is 18.4. The van der Waals surface area contributed by atoms with Crippen LogP contribution < -0.4 is 0 Å². The maximum Gasteiger partial charge on any atom is 0.329 e. The van der Waals surface area contributed by atoms with E-state index in [0.717, 1.165) is 49.1 Å². The van der Waals surface area contributed by atoms with Crippen molar-refractivity contribution in [3.63, 3.8) is 0 Å². The van der Waals surface area contributed by atoms with E-state index in [9.17, 15) is 13.6 Å². The minimum absolute atomic E-state index is 0.219. The number of aromatic nitrogens is 2. The molecule has 0 atom stereocenters. The van der Waals surface area contributed by atoms with Crippen molar-refractivity contribution in [3.05, 3.63) is 65.9 Å². The number of halogens is 2. The number of carbonyl (C=O) groups is 1. The van der Waals surface area contributed by atoms with Crippen molar-refractivity contribution in [2.24, 2.45) is 11.8 Å². The molecule has 0 amide bonds. The highest BCUT2D eigenvalue weighted by Gasteiger charge is 2.25. The van der Waals surface area contributed by atoms with Crippen molar-refractivity contribution < 1.29 is 23.4 Å². The Bertz CT molecular complexity index is 1110. The van der Waals surface area contributed by atoms with Crippen LogP contribution in [-0.4, -0.2) is 34.1 Å². The lowest BCUT2D eigenvalue weighted by molar-refractivity contribution is -0.142. The number of aliphatic carboxylic acids is 1. The number of hydrogen-bond donors (Lipinski definition) is 1. The lowest BCUT2D eigenvalue weighted by Gasteiger charge is -2.28. The predicted molar refractivity (Wildman–Crippen MR) is 122 cm³/mol. The van der Waals surface area contributed by atoms with Gasteiger partial charge in [-0.25, -0.2) is 13.6 Å². The number of rotatable bonds is 8. The molecule has 0 aliphatic heterocycles. The minimum Gasteiger partial charge on any atom is -0.480 e. The molecular weight excluding hydrogens is 426 g/mol. The molecular formula is C26H28F2N2O3. The molecule has 2 aromatic carbocycles. The summed E-state index contributed by atoms with van der Waals surface area (Å²) in [6.07, 6.45) is 3.93. The Kier molecular flexibility index (Phi) is 7.18. The Balaban J connectivity index is 1.56. The van der Waals surface area contributed by atoms with Crippen molar-refractivity contribution >= 4 is 5.97 Å². The SMILES string of the molecule is Cc1c(-c2cc(F)ccc2F)c(-c2ccccc2)nn1C[C@H]1CC[C@H](COCC(=O)O)CC1. The molecule has 33 heavy (non-hydrogen) atoms. The third kappa shape index (κ3) is 5.47. The van der Waals surface area contributed by atoms with Gasteiger partial charge in [0.25, 0.3) is 0 Å². The van der Waals surface area contributed by atoms with Gasteiger partial charge in [-0.3, -0.25) is 4.68 Å². The maximum absolute atomic E-state index is 14.7. The van der Waals surface area contributed by atoms with Crippen LogP contribution in [0.4, 0.5) is 8.78 Å². The summed E-state index contributed by atoms with van der Waals surface area (Å²) < 4.78 is 35.9. The highest BCUT2D eigenvalue weighted by molar-refractivity contribution is 5.83. The molecule has 1 aliphatic carbocycles. The van der Waals surface area contributed by atoms with Gasteiger partial charge >= 0.3 is 5.97 Å². The zero-order valence-corrected chi connectivity index (χ0v) is 18.6. The van der Waals surface area contributed by atoms with Gasteiger partial charge in [-0.2, -0.15) is 5.10 Å². The van der Waals surface area contributed by atoms with Gasteiger partial charge in [0.15, 0.2) is 0 Å². The van der Waals surface area contributed by atoms with E-state index in [-0.39, 0.29) is 12.2 Å². The summed E-state index contributed by atoms with van der Waals surface area (Å²) in [6, 6.07) is 13.1. The minimum atomic E-state index is -0.947. The fourth-order valence-electron chi connectivity index (χ4n) is 4.67. The molecule has 1 N–H and O–H groups in total. The Morgan fingerprint density at radius 2 is 1.79 bits per heavy atom. The summed E-state index contributed by atoms with van der Waals surface area (Å²) in [5.74, 6) is -1.12. The number of nitrogens with zero attached hydrogens (tertiary/aromatic N) is 2. The van der Waals surface area contributed by atoms with Crippen LogP contribution in [0.3, 0.4) is 0 Å². The van der Waals surface area contributed by atoms with Crippen LogP contribution in [0.1, 0.15) is 31.4 Å². The summed E-state index contributed by atoms with van der Waals surface area (Å²) in [4.78, 5) is 10.6. The van der Waals surface area contributed by atoms with E-state index in [1.165, 1.54) is 6.07 Å². The van der Waals surface area contributed by atoms with Gasteiger partial charge in [-0.05, 0) is 62.6 Å². The topological polar surface area (TPSA) is 64.4 Å². The number of hydrogen-bond acceptors (Lipinski definition) is 3. The Morgan fingerprint density at radius 3 is 2.48 bits per heavy atom. The highest BCUT2D eigenvalue weighted by Crippen LogP contribution is 2.37. The highest BCUT2D eigenvalue weighted by atomic mass is 19.1. The van der Waals surface area contributed by atoms with Crippen LogP contribution >= 0.6 is 0 Å². The number of carboxylic acids is 1. The monoisotopic (exact) mass is 454 g/mol.